The van der Waals surface area contributed by atoms with E-state index in [4.69, 9.17) is 11.6 Å². The van der Waals surface area contributed by atoms with E-state index in [1.165, 1.54) is 0 Å². The molecular formula is C17H15ClN4O. The van der Waals surface area contributed by atoms with E-state index < -0.39 is 0 Å². The second kappa shape index (κ2) is 6.62. The molecule has 0 aliphatic carbocycles. The first-order valence-electron chi connectivity index (χ1n) is 7.11. The van der Waals surface area contributed by atoms with Crippen LogP contribution in [0, 0.1) is 6.92 Å². The first-order valence-corrected chi connectivity index (χ1v) is 7.49. The van der Waals surface area contributed by atoms with Gasteiger partial charge in [0.1, 0.15) is 0 Å². The van der Waals surface area contributed by atoms with Crippen LogP contribution in [-0.2, 0) is 6.54 Å². The maximum atomic E-state index is 12.2. The molecule has 0 aliphatic heterocycles. The fourth-order valence-corrected chi connectivity index (χ4v) is 2.48. The predicted molar refractivity (Wildman–Crippen MR) is 89.7 cm³/mol. The zero-order chi connectivity index (χ0) is 16.2. The quantitative estimate of drug-likeness (QED) is 0.797. The van der Waals surface area contributed by atoms with Crippen LogP contribution >= 0.6 is 11.6 Å². The molecule has 0 fully saturated rings. The van der Waals surface area contributed by atoms with Gasteiger partial charge in [0.2, 0.25) is 0 Å². The number of pyridine rings is 1. The molecule has 6 heteroatoms. The minimum absolute atomic E-state index is 0.219. The number of hydrogen-bond donors (Lipinski definition) is 1. The normalized spacial score (nSPS) is 10.5. The number of aryl methyl sites for hydroxylation is 1. The number of carbonyl (C=O) groups excluding carboxylic acids is 1. The number of aromatic nitrogens is 3. The van der Waals surface area contributed by atoms with Crippen molar-refractivity contribution < 1.29 is 4.79 Å². The largest absolute Gasteiger partial charge is 0.331 e. The van der Waals surface area contributed by atoms with Gasteiger partial charge in [-0.25, -0.2) is 4.98 Å². The lowest BCUT2D eigenvalue weighted by molar-refractivity contribution is 0.102. The summed E-state index contributed by atoms with van der Waals surface area (Å²) >= 11 is 5.98. The summed E-state index contributed by atoms with van der Waals surface area (Å²) in [5.41, 5.74) is 2.29. The summed E-state index contributed by atoms with van der Waals surface area (Å²) in [5, 5.41) is 3.48. The van der Waals surface area contributed by atoms with Crippen molar-refractivity contribution in [3.63, 3.8) is 0 Å². The fraction of sp³-hybridized carbons (Fsp3) is 0.118. The number of anilines is 1. The number of imidazole rings is 1. The average Bonchev–Trinajstić information content (AvgIpc) is 2.94. The van der Waals surface area contributed by atoms with Crippen molar-refractivity contribution in [1.82, 2.24) is 14.5 Å². The molecule has 0 atom stereocenters. The van der Waals surface area contributed by atoms with Gasteiger partial charge in [0.05, 0.1) is 11.9 Å². The molecule has 1 aromatic carbocycles. The van der Waals surface area contributed by atoms with Crippen LogP contribution in [0.3, 0.4) is 0 Å². The number of halogens is 1. The fourth-order valence-electron chi connectivity index (χ4n) is 2.27. The molecule has 2 aromatic heterocycles. The number of hydrogen-bond acceptors (Lipinski definition) is 3. The van der Waals surface area contributed by atoms with Gasteiger partial charge in [-0.3, -0.25) is 9.78 Å². The molecule has 5 nitrogen and oxygen atoms in total. The number of nitrogens with zero attached hydrogens (tertiary/aromatic N) is 3. The highest BCUT2D eigenvalue weighted by Crippen LogP contribution is 2.14. The molecule has 0 bridgehead atoms. The zero-order valence-electron chi connectivity index (χ0n) is 12.5. The Morgan fingerprint density at radius 2 is 2.13 bits per heavy atom. The lowest BCUT2D eigenvalue weighted by Crippen LogP contribution is -2.14. The van der Waals surface area contributed by atoms with Gasteiger partial charge in [-0.1, -0.05) is 23.7 Å². The van der Waals surface area contributed by atoms with E-state index in [0.29, 0.717) is 28.6 Å². The Bertz CT molecular complexity index is 844. The van der Waals surface area contributed by atoms with E-state index in [9.17, 15) is 4.79 Å². The van der Waals surface area contributed by atoms with Gasteiger partial charge in [-0.05, 0) is 36.8 Å². The minimum Gasteiger partial charge on any atom is -0.331 e. The van der Waals surface area contributed by atoms with Gasteiger partial charge < -0.3 is 9.88 Å². The third-order valence-corrected chi connectivity index (χ3v) is 3.62. The van der Waals surface area contributed by atoms with Crippen LogP contribution in [0.1, 0.15) is 21.6 Å². The van der Waals surface area contributed by atoms with Crippen molar-refractivity contribution in [2.45, 2.75) is 13.5 Å². The zero-order valence-corrected chi connectivity index (χ0v) is 13.3. The molecular weight excluding hydrogens is 312 g/mol. The van der Waals surface area contributed by atoms with Gasteiger partial charge in [0, 0.05) is 29.7 Å². The molecule has 0 spiro atoms. The minimum atomic E-state index is -0.219. The van der Waals surface area contributed by atoms with Gasteiger partial charge >= 0.3 is 0 Å². The van der Waals surface area contributed by atoms with Crippen molar-refractivity contribution >= 4 is 23.3 Å². The Balaban J connectivity index is 1.70. The van der Waals surface area contributed by atoms with Crippen molar-refractivity contribution in [1.29, 1.82) is 0 Å². The number of carbonyl (C=O) groups is 1. The topological polar surface area (TPSA) is 59.8 Å². The Morgan fingerprint density at radius 3 is 2.91 bits per heavy atom. The predicted octanol–water partition coefficient (Wildman–Crippen LogP) is 3.54. The van der Waals surface area contributed by atoms with Crippen molar-refractivity contribution in [2.24, 2.45) is 0 Å². The molecule has 1 amide bonds. The highest BCUT2D eigenvalue weighted by Gasteiger charge is 2.11. The first kappa shape index (κ1) is 15.2. The molecule has 1 N–H and O–H groups in total. The number of rotatable bonds is 4. The molecule has 0 saturated carbocycles. The van der Waals surface area contributed by atoms with E-state index in [2.05, 4.69) is 15.3 Å². The van der Waals surface area contributed by atoms with Gasteiger partial charge in [-0.15, -0.1) is 0 Å². The summed E-state index contributed by atoms with van der Waals surface area (Å²) in [4.78, 5) is 20.5. The molecule has 0 radical (unpaired) electrons. The molecule has 0 saturated heterocycles. The van der Waals surface area contributed by atoms with E-state index in [0.717, 1.165) is 5.56 Å². The molecule has 116 valence electrons. The molecule has 23 heavy (non-hydrogen) atoms. The third-order valence-electron chi connectivity index (χ3n) is 3.38. The van der Waals surface area contributed by atoms with Crippen LogP contribution in [0.2, 0.25) is 5.02 Å². The lowest BCUT2D eigenvalue weighted by Gasteiger charge is -2.04. The van der Waals surface area contributed by atoms with E-state index in [1.54, 1.807) is 37.8 Å². The van der Waals surface area contributed by atoms with Crippen LogP contribution in [0.4, 0.5) is 5.82 Å². The summed E-state index contributed by atoms with van der Waals surface area (Å²) in [5.74, 6) is 0.281. The first-order chi connectivity index (χ1) is 11.1. The molecule has 3 rings (SSSR count). The van der Waals surface area contributed by atoms with Crippen LogP contribution in [0.5, 0.6) is 0 Å². The number of amides is 1. The van der Waals surface area contributed by atoms with Gasteiger partial charge in [0.15, 0.2) is 5.82 Å². The molecule has 0 aliphatic rings. The molecule has 2 heterocycles. The Hall–Kier alpha value is -2.66. The maximum Gasteiger partial charge on any atom is 0.258 e. The second-order valence-corrected chi connectivity index (χ2v) is 5.59. The van der Waals surface area contributed by atoms with Crippen molar-refractivity contribution in [3.05, 3.63) is 77.0 Å². The lowest BCUT2D eigenvalue weighted by atomic mass is 10.2. The number of nitrogens with one attached hydrogen (secondary N) is 1. The van der Waals surface area contributed by atoms with Crippen LogP contribution in [0.15, 0.2) is 55.1 Å². The summed E-state index contributed by atoms with van der Waals surface area (Å²) in [7, 11) is 0. The Morgan fingerprint density at radius 1 is 1.26 bits per heavy atom. The van der Waals surface area contributed by atoms with E-state index in [1.807, 2.05) is 28.8 Å². The Labute approximate surface area is 139 Å². The monoisotopic (exact) mass is 326 g/mol. The smallest absolute Gasteiger partial charge is 0.258 e. The van der Waals surface area contributed by atoms with Crippen molar-refractivity contribution in [2.75, 3.05) is 5.32 Å². The SMILES string of the molecule is Cc1ncccc1C(=O)Nc1cn(Cc2cccc(Cl)c2)cn1. The summed E-state index contributed by atoms with van der Waals surface area (Å²) < 4.78 is 1.89. The maximum absolute atomic E-state index is 12.2. The van der Waals surface area contributed by atoms with Crippen LogP contribution in [-0.4, -0.2) is 20.4 Å². The summed E-state index contributed by atoms with van der Waals surface area (Å²) in [6.45, 7) is 2.43. The molecule has 3 aromatic rings. The van der Waals surface area contributed by atoms with Gasteiger partial charge in [-0.2, -0.15) is 0 Å². The number of benzene rings is 1. The van der Waals surface area contributed by atoms with E-state index in [-0.39, 0.29) is 5.91 Å². The van der Waals surface area contributed by atoms with E-state index >= 15 is 0 Å². The Kier molecular flexibility index (Phi) is 4.39. The highest BCUT2D eigenvalue weighted by atomic mass is 35.5. The van der Waals surface area contributed by atoms with Crippen molar-refractivity contribution in [3.8, 4) is 0 Å². The highest BCUT2D eigenvalue weighted by molar-refractivity contribution is 6.30. The van der Waals surface area contributed by atoms with Gasteiger partial charge in [0.25, 0.3) is 5.91 Å². The average molecular weight is 327 g/mol. The summed E-state index contributed by atoms with van der Waals surface area (Å²) in [6.07, 6.45) is 5.11. The summed E-state index contributed by atoms with van der Waals surface area (Å²) in [6, 6.07) is 11.1. The third kappa shape index (κ3) is 3.76. The van der Waals surface area contributed by atoms with Crippen LogP contribution < -0.4 is 5.32 Å². The standard InChI is InChI=1S/C17H15ClN4O/c1-12-15(6-3-7-19-12)17(23)21-16-10-22(11-20-16)9-13-4-2-5-14(18)8-13/h2-8,10-11H,9H2,1H3,(H,21,23). The van der Waals surface area contributed by atoms with Crippen LogP contribution in [0.25, 0.3) is 0 Å². The molecule has 0 unspecified atom stereocenters. The second-order valence-electron chi connectivity index (χ2n) is 5.15.